The Morgan fingerprint density at radius 3 is 1.88 bits per heavy atom. The van der Waals surface area contributed by atoms with Crippen molar-refractivity contribution in [3.05, 3.63) is 70.8 Å². The fraction of sp³-hybridized carbons (Fsp3) is 0.250. The van der Waals surface area contributed by atoms with E-state index >= 15 is 0 Å². The molecule has 0 aromatic heterocycles. The van der Waals surface area contributed by atoms with E-state index in [2.05, 4.69) is 69.3 Å². The quantitative estimate of drug-likeness (QED) is 0.686. The van der Waals surface area contributed by atoms with Gasteiger partial charge in [0, 0.05) is 5.92 Å². The van der Waals surface area contributed by atoms with Crippen LogP contribution < -0.4 is 0 Å². The Morgan fingerprint density at radius 2 is 1.31 bits per heavy atom. The van der Waals surface area contributed by atoms with Crippen molar-refractivity contribution < 1.29 is 0 Å². The number of hydrogen-bond acceptors (Lipinski definition) is 0. The monoisotopic (exact) mass is 210 g/mol. The van der Waals surface area contributed by atoms with E-state index in [4.69, 9.17) is 0 Å². The van der Waals surface area contributed by atoms with Gasteiger partial charge in [-0.05, 0) is 25.0 Å². The van der Waals surface area contributed by atoms with Crippen molar-refractivity contribution in [2.45, 2.75) is 26.7 Å². The molecule has 0 spiro atoms. The van der Waals surface area contributed by atoms with Crippen LogP contribution in [-0.4, -0.2) is 0 Å². The van der Waals surface area contributed by atoms with Crippen LogP contribution in [0.4, 0.5) is 0 Å². The molecular formula is C16H18. The first-order chi connectivity index (χ1) is 7.66. The smallest absolute Gasteiger partial charge is 0.00612 e. The van der Waals surface area contributed by atoms with Crippen molar-refractivity contribution in [1.82, 2.24) is 0 Å². The van der Waals surface area contributed by atoms with Crippen molar-refractivity contribution in [2.24, 2.45) is 0 Å². The van der Waals surface area contributed by atoms with E-state index < -0.39 is 0 Å². The minimum absolute atomic E-state index is 0.472. The normalized spacial score (nSPS) is 12.4. The molecule has 1 atom stereocenters. The zero-order valence-corrected chi connectivity index (χ0v) is 10.2. The minimum Gasteiger partial charge on any atom is -0.0622 e. The van der Waals surface area contributed by atoms with Crippen LogP contribution in [0.25, 0.3) is 0 Å². The van der Waals surface area contributed by atoms with Crippen LogP contribution in [0.5, 0.6) is 0 Å². The van der Waals surface area contributed by atoms with Gasteiger partial charge in [0.15, 0.2) is 0 Å². The number of aryl methyl sites for hydroxylation is 2. The van der Waals surface area contributed by atoms with Crippen LogP contribution >= 0.6 is 0 Å². The Balaban J connectivity index is 2.37. The van der Waals surface area contributed by atoms with Crippen LogP contribution in [0.3, 0.4) is 0 Å². The summed E-state index contributed by atoms with van der Waals surface area (Å²) in [5, 5.41) is 0. The maximum Gasteiger partial charge on any atom is 0.00612 e. The molecule has 82 valence electrons. The molecule has 0 radical (unpaired) electrons. The van der Waals surface area contributed by atoms with E-state index in [0.717, 1.165) is 0 Å². The van der Waals surface area contributed by atoms with E-state index in [-0.39, 0.29) is 0 Å². The second kappa shape index (κ2) is 4.52. The summed E-state index contributed by atoms with van der Waals surface area (Å²) in [5.41, 5.74) is 5.48. The Morgan fingerprint density at radius 1 is 0.750 bits per heavy atom. The highest BCUT2D eigenvalue weighted by Crippen LogP contribution is 2.25. The molecule has 2 rings (SSSR count). The van der Waals surface area contributed by atoms with Crippen LogP contribution in [0.15, 0.2) is 48.5 Å². The Labute approximate surface area is 97.9 Å². The van der Waals surface area contributed by atoms with Crippen LogP contribution in [0.1, 0.15) is 35.1 Å². The molecular weight excluding hydrogens is 192 g/mol. The summed E-state index contributed by atoms with van der Waals surface area (Å²) in [6.45, 7) is 6.59. The lowest BCUT2D eigenvalue weighted by atomic mass is 9.91. The summed E-state index contributed by atoms with van der Waals surface area (Å²) in [5.74, 6) is 0.472. The minimum atomic E-state index is 0.472. The molecule has 2 aromatic carbocycles. The lowest BCUT2D eigenvalue weighted by Gasteiger charge is -2.14. The summed E-state index contributed by atoms with van der Waals surface area (Å²) in [4.78, 5) is 0. The van der Waals surface area contributed by atoms with Crippen molar-refractivity contribution in [3.8, 4) is 0 Å². The van der Waals surface area contributed by atoms with Crippen molar-refractivity contribution in [1.29, 1.82) is 0 Å². The maximum absolute atomic E-state index is 2.28. The van der Waals surface area contributed by atoms with Crippen molar-refractivity contribution in [2.75, 3.05) is 0 Å². The van der Waals surface area contributed by atoms with Gasteiger partial charge >= 0.3 is 0 Å². The largest absolute Gasteiger partial charge is 0.0622 e. The van der Waals surface area contributed by atoms with Gasteiger partial charge in [-0.15, -0.1) is 0 Å². The molecule has 0 N–H and O–H groups in total. The van der Waals surface area contributed by atoms with Crippen LogP contribution in [0, 0.1) is 13.8 Å². The summed E-state index contributed by atoms with van der Waals surface area (Å²) in [6.07, 6.45) is 0. The standard InChI is InChI=1S/C16H18/c1-12-9-13(2)11-16(10-12)14(3)15-7-5-4-6-8-15/h4-11,14H,1-3H3/t14-/m1/s1. The Hall–Kier alpha value is -1.56. The fourth-order valence-electron chi connectivity index (χ4n) is 2.19. The van der Waals surface area contributed by atoms with Crippen LogP contribution in [0.2, 0.25) is 0 Å². The first kappa shape index (κ1) is 10.9. The van der Waals surface area contributed by atoms with Crippen molar-refractivity contribution >= 4 is 0 Å². The van der Waals surface area contributed by atoms with Gasteiger partial charge in [-0.2, -0.15) is 0 Å². The average Bonchev–Trinajstić information content (AvgIpc) is 2.28. The Kier molecular flexibility index (Phi) is 3.09. The molecule has 0 amide bonds. The molecule has 0 unspecified atom stereocenters. The van der Waals surface area contributed by atoms with E-state index in [0.29, 0.717) is 5.92 Å². The molecule has 0 aliphatic rings. The molecule has 0 aliphatic carbocycles. The molecule has 0 saturated carbocycles. The highest BCUT2D eigenvalue weighted by atomic mass is 14.1. The van der Waals surface area contributed by atoms with Gasteiger partial charge in [0.1, 0.15) is 0 Å². The molecule has 0 fully saturated rings. The highest BCUT2D eigenvalue weighted by Gasteiger charge is 2.08. The Bertz CT molecular complexity index is 448. The fourth-order valence-corrected chi connectivity index (χ4v) is 2.19. The lowest BCUT2D eigenvalue weighted by molar-refractivity contribution is 0.917. The van der Waals surface area contributed by atoms with Gasteiger partial charge in [-0.3, -0.25) is 0 Å². The topological polar surface area (TPSA) is 0 Å². The predicted molar refractivity (Wildman–Crippen MR) is 69.9 cm³/mol. The first-order valence-corrected chi connectivity index (χ1v) is 5.80. The van der Waals surface area contributed by atoms with Gasteiger partial charge < -0.3 is 0 Å². The second-order valence-electron chi connectivity index (χ2n) is 4.55. The third-order valence-corrected chi connectivity index (χ3v) is 3.04. The maximum atomic E-state index is 2.28. The van der Waals surface area contributed by atoms with Crippen molar-refractivity contribution in [3.63, 3.8) is 0 Å². The van der Waals surface area contributed by atoms with Crippen LogP contribution in [-0.2, 0) is 0 Å². The summed E-state index contributed by atoms with van der Waals surface area (Å²) in [7, 11) is 0. The zero-order valence-electron chi connectivity index (χ0n) is 10.2. The molecule has 2 aromatic rings. The van der Waals surface area contributed by atoms with E-state index in [9.17, 15) is 0 Å². The summed E-state index contributed by atoms with van der Waals surface area (Å²) >= 11 is 0. The lowest BCUT2D eigenvalue weighted by Crippen LogP contribution is -1.96. The van der Waals surface area contributed by atoms with E-state index in [1.165, 1.54) is 22.3 Å². The molecule has 0 aliphatic heterocycles. The zero-order chi connectivity index (χ0) is 11.5. The average molecular weight is 210 g/mol. The van der Waals surface area contributed by atoms with E-state index in [1.807, 2.05) is 0 Å². The number of rotatable bonds is 2. The second-order valence-corrected chi connectivity index (χ2v) is 4.55. The molecule has 0 saturated heterocycles. The van der Waals surface area contributed by atoms with Gasteiger partial charge in [-0.25, -0.2) is 0 Å². The third kappa shape index (κ3) is 2.33. The molecule has 0 heteroatoms. The van der Waals surface area contributed by atoms with Gasteiger partial charge in [-0.1, -0.05) is 66.6 Å². The van der Waals surface area contributed by atoms with E-state index in [1.54, 1.807) is 0 Å². The SMILES string of the molecule is Cc1cc(C)cc([C@H](C)c2ccccc2)c1. The predicted octanol–water partition coefficient (Wildman–Crippen LogP) is 4.46. The number of hydrogen-bond donors (Lipinski definition) is 0. The third-order valence-electron chi connectivity index (χ3n) is 3.04. The molecule has 16 heavy (non-hydrogen) atoms. The molecule has 0 bridgehead atoms. The highest BCUT2D eigenvalue weighted by molar-refractivity contribution is 5.36. The summed E-state index contributed by atoms with van der Waals surface area (Å²) < 4.78 is 0. The number of benzene rings is 2. The van der Waals surface area contributed by atoms with Gasteiger partial charge in [0.05, 0.1) is 0 Å². The molecule has 0 nitrogen and oxygen atoms in total. The van der Waals surface area contributed by atoms with Gasteiger partial charge in [0.25, 0.3) is 0 Å². The summed E-state index contributed by atoms with van der Waals surface area (Å²) in [6, 6.07) is 17.5. The first-order valence-electron chi connectivity index (χ1n) is 5.80. The van der Waals surface area contributed by atoms with Gasteiger partial charge in [0.2, 0.25) is 0 Å². The molecule has 0 heterocycles.